The van der Waals surface area contributed by atoms with Gasteiger partial charge in [-0.2, -0.15) is 0 Å². The van der Waals surface area contributed by atoms with Crippen molar-refractivity contribution in [2.75, 3.05) is 7.05 Å². The summed E-state index contributed by atoms with van der Waals surface area (Å²) in [6, 6.07) is 5.66. The molecule has 20 heavy (non-hydrogen) atoms. The lowest BCUT2D eigenvalue weighted by atomic mass is 9.85. The third-order valence-corrected chi connectivity index (χ3v) is 4.90. The highest BCUT2D eigenvalue weighted by atomic mass is 35.5. The number of rotatable bonds is 3. The summed E-state index contributed by atoms with van der Waals surface area (Å²) in [6.45, 7) is 2.24. The Morgan fingerprint density at radius 1 is 1.30 bits per heavy atom. The Hall–Kier alpha value is -0.730. The lowest BCUT2D eigenvalue weighted by Gasteiger charge is -2.36. The van der Waals surface area contributed by atoms with Gasteiger partial charge >= 0.3 is 0 Å². The van der Waals surface area contributed by atoms with Gasteiger partial charge in [-0.1, -0.05) is 49.0 Å². The van der Waals surface area contributed by atoms with Crippen LogP contribution in [0, 0.1) is 5.92 Å². The second kappa shape index (κ2) is 6.82. The summed E-state index contributed by atoms with van der Waals surface area (Å²) in [5.41, 5.74) is 0.844. The molecule has 1 aliphatic carbocycles. The number of benzene rings is 1. The maximum absolute atomic E-state index is 12.4. The van der Waals surface area contributed by atoms with E-state index in [1.165, 1.54) is 19.3 Å². The van der Waals surface area contributed by atoms with E-state index in [0.29, 0.717) is 28.4 Å². The molecule has 0 heterocycles. The molecule has 2 unspecified atom stereocenters. The molecule has 4 heteroatoms. The molecule has 1 saturated carbocycles. The van der Waals surface area contributed by atoms with Crippen molar-refractivity contribution in [1.29, 1.82) is 0 Å². The molecule has 1 aromatic carbocycles. The largest absolute Gasteiger partial charge is 0.342 e. The Labute approximate surface area is 131 Å². The first-order valence-corrected chi connectivity index (χ1v) is 7.94. The summed E-state index contributed by atoms with van der Waals surface area (Å²) >= 11 is 12.0. The Balaban J connectivity index is 2.03. The van der Waals surface area contributed by atoms with Gasteiger partial charge in [-0.3, -0.25) is 4.79 Å². The van der Waals surface area contributed by atoms with Crippen LogP contribution in [0.25, 0.3) is 0 Å². The van der Waals surface area contributed by atoms with Gasteiger partial charge in [-0.25, -0.2) is 0 Å². The molecule has 0 radical (unpaired) electrons. The fourth-order valence-electron chi connectivity index (χ4n) is 3.01. The molecular weight excluding hydrogens is 293 g/mol. The number of nitrogens with zero attached hydrogens (tertiary/aromatic N) is 1. The fraction of sp³-hybridized carbons (Fsp3) is 0.562. The molecule has 0 spiro atoms. The molecule has 0 bridgehead atoms. The van der Waals surface area contributed by atoms with Crippen LogP contribution in [0.3, 0.4) is 0 Å². The molecule has 110 valence electrons. The summed E-state index contributed by atoms with van der Waals surface area (Å²) in [5, 5.41) is 1.16. The van der Waals surface area contributed by atoms with Crippen LogP contribution in [0.4, 0.5) is 0 Å². The number of carbonyl (C=O) groups excluding carboxylic acids is 1. The Bertz CT molecular complexity index is 489. The van der Waals surface area contributed by atoms with Gasteiger partial charge < -0.3 is 4.90 Å². The predicted molar refractivity (Wildman–Crippen MR) is 84.4 cm³/mol. The first kappa shape index (κ1) is 15.7. The number of likely N-dealkylation sites (N-methyl/N-ethyl adjacent to an activating group) is 1. The SMILES string of the molecule is CC1CCCCC1N(C)C(=O)Cc1ccc(Cl)cc1Cl. The van der Waals surface area contributed by atoms with Gasteiger partial charge in [0.25, 0.3) is 0 Å². The Morgan fingerprint density at radius 2 is 2.00 bits per heavy atom. The van der Waals surface area contributed by atoms with E-state index in [9.17, 15) is 4.79 Å². The van der Waals surface area contributed by atoms with Crippen molar-refractivity contribution in [1.82, 2.24) is 4.90 Å². The first-order valence-electron chi connectivity index (χ1n) is 7.18. The van der Waals surface area contributed by atoms with Gasteiger partial charge in [0.2, 0.25) is 5.91 Å². The quantitative estimate of drug-likeness (QED) is 0.800. The third kappa shape index (κ3) is 3.67. The molecule has 1 aliphatic rings. The predicted octanol–water partition coefficient (Wildman–Crippen LogP) is 4.57. The first-order chi connectivity index (χ1) is 9.49. The van der Waals surface area contributed by atoms with Crippen LogP contribution in [0.1, 0.15) is 38.2 Å². The van der Waals surface area contributed by atoms with Crippen LogP contribution >= 0.6 is 23.2 Å². The van der Waals surface area contributed by atoms with Gasteiger partial charge in [0.15, 0.2) is 0 Å². The summed E-state index contributed by atoms with van der Waals surface area (Å²) in [4.78, 5) is 14.3. The van der Waals surface area contributed by atoms with Gasteiger partial charge in [0.1, 0.15) is 0 Å². The summed E-state index contributed by atoms with van der Waals surface area (Å²) in [7, 11) is 1.92. The van der Waals surface area contributed by atoms with E-state index in [2.05, 4.69) is 6.92 Å². The summed E-state index contributed by atoms with van der Waals surface area (Å²) in [6.07, 6.45) is 5.16. The van der Waals surface area contributed by atoms with Gasteiger partial charge in [-0.05, 0) is 36.5 Å². The second-order valence-corrected chi connectivity index (χ2v) is 6.59. The minimum absolute atomic E-state index is 0.132. The highest BCUT2D eigenvalue weighted by Gasteiger charge is 2.27. The van der Waals surface area contributed by atoms with Crippen LogP contribution in [-0.4, -0.2) is 23.9 Å². The highest BCUT2D eigenvalue weighted by Crippen LogP contribution is 2.28. The number of hydrogen-bond donors (Lipinski definition) is 0. The maximum atomic E-state index is 12.4. The zero-order valence-electron chi connectivity index (χ0n) is 12.0. The highest BCUT2D eigenvalue weighted by molar-refractivity contribution is 6.35. The minimum atomic E-state index is 0.132. The number of carbonyl (C=O) groups is 1. The van der Waals surface area contributed by atoms with Crippen molar-refractivity contribution in [2.45, 2.75) is 45.1 Å². The third-order valence-electron chi connectivity index (χ3n) is 4.31. The smallest absolute Gasteiger partial charge is 0.227 e. The maximum Gasteiger partial charge on any atom is 0.227 e. The molecule has 2 atom stereocenters. The average Bonchev–Trinajstić information content (AvgIpc) is 2.41. The van der Waals surface area contributed by atoms with Gasteiger partial charge in [0.05, 0.1) is 6.42 Å². The molecular formula is C16H21Cl2NO. The second-order valence-electron chi connectivity index (χ2n) is 5.75. The van der Waals surface area contributed by atoms with Crippen LogP contribution < -0.4 is 0 Å². The van der Waals surface area contributed by atoms with E-state index >= 15 is 0 Å². The average molecular weight is 314 g/mol. The molecule has 2 rings (SSSR count). The number of halogens is 2. The standard InChI is InChI=1S/C16H21Cl2NO/c1-11-5-3-4-6-15(11)19(2)16(20)9-12-7-8-13(17)10-14(12)18/h7-8,10-11,15H,3-6,9H2,1-2H3. The van der Waals surface area contributed by atoms with Crippen molar-refractivity contribution in [3.05, 3.63) is 33.8 Å². The van der Waals surface area contributed by atoms with Crippen LogP contribution in [0.2, 0.25) is 10.0 Å². The lowest BCUT2D eigenvalue weighted by Crippen LogP contribution is -2.43. The normalized spacial score (nSPS) is 22.6. The van der Waals surface area contributed by atoms with Crippen LogP contribution in [0.5, 0.6) is 0 Å². The molecule has 0 aromatic heterocycles. The van der Waals surface area contributed by atoms with E-state index < -0.39 is 0 Å². The topological polar surface area (TPSA) is 20.3 Å². The van der Waals surface area contributed by atoms with Crippen LogP contribution in [0.15, 0.2) is 18.2 Å². The molecule has 0 saturated heterocycles. The van der Waals surface area contributed by atoms with Gasteiger partial charge in [-0.15, -0.1) is 0 Å². The van der Waals surface area contributed by atoms with E-state index in [4.69, 9.17) is 23.2 Å². The zero-order chi connectivity index (χ0) is 14.7. The van der Waals surface area contributed by atoms with Crippen molar-refractivity contribution in [3.63, 3.8) is 0 Å². The molecule has 1 aromatic rings. The Morgan fingerprint density at radius 3 is 2.65 bits per heavy atom. The van der Waals surface area contributed by atoms with E-state index in [0.717, 1.165) is 12.0 Å². The van der Waals surface area contributed by atoms with Crippen molar-refractivity contribution >= 4 is 29.1 Å². The number of amides is 1. The fourth-order valence-corrected chi connectivity index (χ4v) is 3.48. The van der Waals surface area contributed by atoms with Gasteiger partial charge in [0, 0.05) is 23.1 Å². The van der Waals surface area contributed by atoms with Crippen molar-refractivity contribution in [2.24, 2.45) is 5.92 Å². The molecule has 1 fully saturated rings. The molecule has 1 amide bonds. The summed E-state index contributed by atoms with van der Waals surface area (Å²) in [5.74, 6) is 0.714. The van der Waals surface area contributed by atoms with Crippen LogP contribution in [-0.2, 0) is 11.2 Å². The van der Waals surface area contributed by atoms with E-state index in [1.54, 1.807) is 12.1 Å². The Kier molecular flexibility index (Phi) is 5.34. The molecule has 0 aliphatic heterocycles. The van der Waals surface area contributed by atoms with Crippen molar-refractivity contribution < 1.29 is 4.79 Å². The summed E-state index contributed by atoms with van der Waals surface area (Å²) < 4.78 is 0. The van der Waals surface area contributed by atoms with Crippen molar-refractivity contribution in [3.8, 4) is 0 Å². The van der Waals surface area contributed by atoms with E-state index in [1.807, 2.05) is 18.0 Å². The van der Waals surface area contributed by atoms with E-state index in [-0.39, 0.29) is 5.91 Å². The molecule has 0 N–H and O–H groups in total. The zero-order valence-corrected chi connectivity index (χ0v) is 13.5. The lowest BCUT2D eigenvalue weighted by molar-refractivity contribution is -0.132. The monoisotopic (exact) mass is 313 g/mol. The number of hydrogen-bond acceptors (Lipinski definition) is 1. The molecule has 2 nitrogen and oxygen atoms in total. The minimum Gasteiger partial charge on any atom is -0.342 e.